The van der Waals surface area contributed by atoms with Gasteiger partial charge in [0.05, 0.1) is 11.7 Å². The van der Waals surface area contributed by atoms with Crippen molar-refractivity contribution in [3.63, 3.8) is 0 Å². The van der Waals surface area contributed by atoms with Crippen molar-refractivity contribution in [2.75, 3.05) is 6.54 Å². The monoisotopic (exact) mass is 254 g/mol. The summed E-state index contributed by atoms with van der Waals surface area (Å²) in [6.07, 6.45) is 0.234. The van der Waals surface area contributed by atoms with E-state index in [-0.39, 0.29) is 18.5 Å². The number of aliphatic hydroxyl groups excluding tert-OH is 1. The molecule has 1 aliphatic heterocycles. The van der Waals surface area contributed by atoms with Crippen molar-refractivity contribution < 1.29 is 24.2 Å². The van der Waals surface area contributed by atoms with Gasteiger partial charge in [-0.3, -0.25) is 4.79 Å². The number of carboxylic acid groups (broad SMARTS) is 1. The van der Waals surface area contributed by atoms with E-state index in [1.54, 1.807) is 0 Å². The molecule has 1 saturated heterocycles. The summed E-state index contributed by atoms with van der Waals surface area (Å²) in [5.41, 5.74) is -0.294. The van der Waals surface area contributed by atoms with Crippen LogP contribution in [0, 0.1) is 5.95 Å². The summed E-state index contributed by atoms with van der Waals surface area (Å²) in [4.78, 5) is 27.3. The smallest absolute Gasteiger partial charge is 0.326 e. The van der Waals surface area contributed by atoms with E-state index < -0.39 is 30.0 Å². The van der Waals surface area contributed by atoms with Crippen LogP contribution in [-0.4, -0.2) is 50.7 Å². The van der Waals surface area contributed by atoms with E-state index in [4.69, 9.17) is 5.11 Å². The largest absolute Gasteiger partial charge is 0.480 e. The number of halogens is 1. The van der Waals surface area contributed by atoms with Crippen molar-refractivity contribution in [3.05, 3.63) is 29.8 Å². The first-order valence-electron chi connectivity index (χ1n) is 5.33. The topological polar surface area (TPSA) is 90.7 Å². The number of aliphatic carboxylic acids is 1. The molecule has 1 aliphatic rings. The van der Waals surface area contributed by atoms with Gasteiger partial charge in [-0.1, -0.05) is 0 Å². The third-order valence-corrected chi connectivity index (χ3v) is 2.81. The van der Waals surface area contributed by atoms with E-state index in [9.17, 15) is 19.1 Å². The van der Waals surface area contributed by atoms with Crippen molar-refractivity contribution in [1.29, 1.82) is 0 Å². The van der Waals surface area contributed by atoms with E-state index in [0.29, 0.717) is 0 Å². The normalized spacial score (nSPS) is 23.1. The van der Waals surface area contributed by atoms with Crippen LogP contribution in [0.2, 0.25) is 0 Å². The van der Waals surface area contributed by atoms with Gasteiger partial charge >= 0.3 is 5.97 Å². The van der Waals surface area contributed by atoms with E-state index in [1.807, 2.05) is 0 Å². The second-order valence-electron chi connectivity index (χ2n) is 4.04. The van der Waals surface area contributed by atoms with Crippen LogP contribution >= 0.6 is 0 Å². The lowest BCUT2D eigenvalue weighted by atomic mass is 10.2. The molecule has 0 bridgehead atoms. The number of β-amino-alcohol motifs (C(OH)–C–C–N with tert-alkyl or cyclic N) is 1. The molecule has 7 heteroatoms. The molecule has 96 valence electrons. The Labute approximate surface area is 102 Å². The first-order chi connectivity index (χ1) is 8.50. The molecule has 6 nitrogen and oxygen atoms in total. The minimum Gasteiger partial charge on any atom is -0.480 e. The Morgan fingerprint density at radius 3 is 2.83 bits per heavy atom. The molecule has 0 radical (unpaired) electrons. The zero-order chi connectivity index (χ0) is 13.3. The molecule has 0 unspecified atom stereocenters. The van der Waals surface area contributed by atoms with Crippen LogP contribution in [0.5, 0.6) is 0 Å². The molecular formula is C11H11FN2O4. The van der Waals surface area contributed by atoms with Crippen LogP contribution in [0.3, 0.4) is 0 Å². The van der Waals surface area contributed by atoms with Crippen molar-refractivity contribution in [2.45, 2.75) is 18.6 Å². The Bertz CT molecular complexity index is 494. The minimum atomic E-state index is -1.22. The second kappa shape index (κ2) is 4.69. The average molecular weight is 254 g/mol. The Kier molecular flexibility index (Phi) is 3.24. The molecule has 0 aliphatic carbocycles. The number of hydrogen-bond donors (Lipinski definition) is 2. The van der Waals surface area contributed by atoms with Gasteiger partial charge in [-0.05, 0) is 12.1 Å². The van der Waals surface area contributed by atoms with Gasteiger partial charge in [0.25, 0.3) is 5.91 Å². The van der Waals surface area contributed by atoms with Crippen LogP contribution < -0.4 is 0 Å². The Balaban J connectivity index is 2.28. The molecule has 1 aromatic rings. The van der Waals surface area contributed by atoms with Gasteiger partial charge in [0, 0.05) is 19.2 Å². The van der Waals surface area contributed by atoms with E-state index >= 15 is 0 Å². The van der Waals surface area contributed by atoms with Crippen LogP contribution in [0.15, 0.2) is 18.3 Å². The first kappa shape index (κ1) is 12.4. The number of aliphatic hydroxyl groups is 1. The maximum absolute atomic E-state index is 13.4. The van der Waals surface area contributed by atoms with Gasteiger partial charge < -0.3 is 15.1 Å². The molecule has 1 aromatic heterocycles. The predicted molar refractivity (Wildman–Crippen MR) is 57.3 cm³/mol. The van der Waals surface area contributed by atoms with Crippen LogP contribution in [-0.2, 0) is 4.79 Å². The summed E-state index contributed by atoms with van der Waals surface area (Å²) >= 11 is 0. The SMILES string of the molecule is O=C(O)[C@@H]1C[C@@H](O)CN1C(=O)c1cccnc1F. The van der Waals surface area contributed by atoms with Crippen molar-refractivity contribution in [3.8, 4) is 0 Å². The van der Waals surface area contributed by atoms with E-state index in [2.05, 4.69) is 4.98 Å². The molecular weight excluding hydrogens is 243 g/mol. The maximum atomic E-state index is 13.4. The summed E-state index contributed by atoms with van der Waals surface area (Å²) in [5, 5.41) is 18.4. The fourth-order valence-electron chi connectivity index (χ4n) is 1.97. The Morgan fingerprint density at radius 2 is 2.22 bits per heavy atom. The van der Waals surface area contributed by atoms with Crippen LogP contribution in [0.25, 0.3) is 0 Å². The first-order valence-corrected chi connectivity index (χ1v) is 5.33. The van der Waals surface area contributed by atoms with Crippen molar-refractivity contribution in [1.82, 2.24) is 9.88 Å². The highest BCUT2D eigenvalue weighted by Crippen LogP contribution is 2.21. The number of hydrogen-bond acceptors (Lipinski definition) is 4. The summed E-state index contributed by atoms with van der Waals surface area (Å²) in [7, 11) is 0. The number of rotatable bonds is 2. The minimum absolute atomic E-state index is 0.0526. The molecule has 0 aromatic carbocycles. The zero-order valence-corrected chi connectivity index (χ0v) is 9.28. The second-order valence-corrected chi connectivity index (χ2v) is 4.04. The summed E-state index contributed by atoms with van der Waals surface area (Å²) in [6, 6.07) is 1.49. The van der Waals surface area contributed by atoms with Gasteiger partial charge in [-0.2, -0.15) is 4.39 Å². The maximum Gasteiger partial charge on any atom is 0.326 e. The lowest BCUT2D eigenvalue weighted by Crippen LogP contribution is -2.41. The third kappa shape index (κ3) is 2.17. The van der Waals surface area contributed by atoms with E-state index in [0.717, 1.165) is 4.90 Å². The number of aromatic nitrogens is 1. The molecule has 0 spiro atoms. The summed E-state index contributed by atoms with van der Waals surface area (Å²) in [6.45, 7) is -0.121. The molecule has 2 heterocycles. The average Bonchev–Trinajstić information content (AvgIpc) is 2.71. The molecule has 1 fully saturated rings. The number of pyridine rings is 1. The summed E-state index contributed by atoms with van der Waals surface area (Å²) < 4.78 is 13.4. The predicted octanol–water partition coefficient (Wildman–Crippen LogP) is -0.119. The quantitative estimate of drug-likeness (QED) is 0.718. The number of carboxylic acids is 1. The van der Waals surface area contributed by atoms with E-state index in [1.165, 1.54) is 18.3 Å². The van der Waals surface area contributed by atoms with Crippen molar-refractivity contribution in [2.24, 2.45) is 0 Å². The molecule has 1 amide bonds. The number of nitrogens with zero attached hydrogens (tertiary/aromatic N) is 2. The van der Waals surface area contributed by atoms with Gasteiger partial charge in [-0.15, -0.1) is 0 Å². The van der Waals surface area contributed by atoms with Gasteiger partial charge in [0.1, 0.15) is 6.04 Å². The lowest BCUT2D eigenvalue weighted by molar-refractivity contribution is -0.141. The highest BCUT2D eigenvalue weighted by atomic mass is 19.1. The zero-order valence-electron chi connectivity index (χ0n) is 9.28. The number of carbonyl (C=O) groups excluding carboxylic acids is 1. The van der Waals surface area contributed by atoms with Gasteiger partial charge in [-0.25, -0.2) is 9.78 Å². The molecule has 2 atom stereocenters. The van der Waals surface area contributed by atoms with Crippen molar-refractivity contribution >= 4 is 11.9 Å². The molecule has 18 heavy (non-hydrogen) atoms. The number of amides is 1. The molecule has 2 rings (SSSR count). The highest BCUT2D eigenvalue weighted by Gasteiger charge is 2.39. The lowest BCUT2D eigenvalue weighted by Gasteiger charge is -2.21. The van der Waals surface area contributed by atoms with Gasteiger partial charge in [0.2, 0.25) is 5.95 Å². The Morgan fingerprint density at radius 1 is 1.50 bits per heavy atom. The van der Waals surface area contributed by atoms with Crippen LogP contribution in [0.4, 0.5) is 4.39 Å². The fraction of sp³-hybridized carbons (Fsp3) is 0.364. The standard InChI is InChI=1S/C11H11FN2O4/c12-9-7(2-1-3-13-9)10(16)14-5-6(15)4-8(14)11(17)18/h1-3,6,8,15H,4-5H2,(H,17,18)/t6-,8+/m1/s1. The van der Waals surface area contributed by atoms with Gasteiger partial charge in [0.15, 0.2) is 0 Å². The molecule has 0 saturated carbocycles. The highest BCUT2D eigenvalue weighted by molar-refractivity contribution is 5.97. The number of carbonyl (C=O) groups is 2. The molecule has 2 N–H and O–H groups in total. The summed E-state index contributed by atoms with van der Waals surface area (Å²) in [5.74, 6) is -2.94. The van der Waals surface area contributed by atoms with Crippen LogP contribution in [0.1, 0.15) is 16.8 Å². The Hall–Kier alpha value is -2.02. The fourth-order valence-corrected chi connectivity index (χ4v) is 1.97. The number of likely N-dealkylation sites (tertiary alicyclic amines) is 1. The third-order valence-electron chi connectivity index (χ3n) is 2.81.